The lowest BCUT2D eigenvalue weighted by Gasteiger charge is -2.14. The average molecular weight is 625 g/mol. The number of fused-ring (bicyclic) bond motifs is 10. The number of nitrogens with zero attached hydrogens (tertiary/aromatic N) is 4. The average Bonchev–Trinajstić information content (AvgIpc) is 3.82. The van der Waals surface area contributed by atoms with Gasteiger partial charge in [-0.25, -0.2) is 4.85 Å². The Labute approximate surface area is 280 Å². The van der Waals surface area contributed by atoms with Crippen LogP contribution in [0.5, 0.6) is 0 Å². The number of hydrogen-bond acceptors (Lipinski definition) is 2. The number of hydrogen-bond donors (Lipinski definition) is 0. The molecule has 5 nitrogen and oxygen atoms in total. The summed E-state index contributed by atoms with van der Waals surface area (Å²) in [5.74, 6) is 0. The molecule has 10 aromatic rings. The molecule has 0 spiro atoms. The van der Waals surface area contributed by atoms with Crippen molar-refractivity contribution in [1.29, 1.82) is 5.26 Å². The van der Waals surface area contributed by atoms with E-state index in [0.717, 1.165) is 77.3 Å². The topological polar surface area (TPSA) is 51.1 Å². The number of aromatic nitrogens is 2. The largest absolute Gasteiger partial charge is 0.456 e. The van der Waals surface area contributed by atoms with Crippen molar-refractivity contribution in [2.24, 2.45) is 0 Å². The minimum absolute atomic E-state index is 0.574. The highest BCUT2D eigenvalue weighted by molar-refractivity contribution is 6.24. The van der Waals surface area contributed by atoms with Gasteiger partial charge in [0.25, 0.3) is 0 Å². The van der Waals surface area contributed by atoms with Crippen molar-refractivity contribution < 1.29 is 4.42 Å². The summed E-state index contributed by atoms with van der Waals surface area (Å²) in [5, 5.41) is 16.8. The van der Waals surface area contributed by atoms with Crippen molar-refractivity contribution >= 4 is 71.2 Å². The molecule has 0 amide bonds. The number of benzene rings is 7. The second kappa shape index (κ2) is 10.2. The highest BCUT2D eigenvalue weighted by Crippen LogP contribution is 2.41. The fraction of sp³-hybridized carbons (Fsp3) is 0. The van der Waals surface area contributed by atoms with E-state index in [-0.39, 0.29) is 0 Å². The molecule has 0 bridgehead atoms. The number of nitriles is 1. The van der Waals surface area contributed by atoms with Crippen molar-refractivity contribution in [2.75, 3.05) is 0 Å². The van der Waals surface area contributed by atoms with Gasteiger partial charge in [0.1, 0.15) is 11.2 Å². The molecule has 0 aliphatic heterocycles. The summed E-state index contributed by atoms with van der Waals surface area (Å²) in [6, 6.07) is 52.0. The van der Waals surface area contributed by atoms with E-state index in [1.807, 2.05) is 54.6 Å². The van der Waals surface area contributed by atoms with Gasteiger partial charge in [0.2, 0.25) is 0 Å². The van der Waals surface area contributed by atoms with Crippen LogP contribution in [0.2, 0.25) is 0 Å². The predicted octanol–water partition coefficient (Wildman–Crippen LogP) is 11.9. The Morgan fingerprint density at radius 2 is 1.24 bits per heavy atom. The third-order valence-electron chi connectivity index (χ3n) is 9.70. The third-order valence-corrected chi connectivity index (χ3v) is 9.70. The number of para-hydroxylation sites is 3. The molecule has 0 N–H and O–H groups in total. The summed E-state index contributed by atoms with van der Waals surface area (Å²) in [6.45, 7) is 7.58. The van der Waals surface area contributed by atoms with Gasteiger partial charge in [-0.3, -0.25) is 0 Å². The molecule has 3 heterocycles. The maximum Gasteiger partial charge on any atom is 0.188 e. The van der Waals surface area contributed by atoms with Crippen LogP contribution in [0.15, 0.2) is 150 Å². The van der Waals surface area contributed by atoms with Gasteiger partial charge in [0.15, 0.2) is 5.69 Å². The summed E-state index contributed by atoms with van der Waals surface area (Å²) in [4.78, 5) is 3.68. The fourth-order valence-corrected chi connectivity index (χ4v) is 7.64. The number of rotatable bonds is 3. The van der Waals surface area contributed by atoms with Crippen molar-refractivity contribution in [2.45, 2.75) is 0 Å². The standard InChI is InChI=1S/C44H24N4O/c1-46-30-17-19-40-37(25-30)34-12-3-5-14-38(34)47(40)32-22-27(26-45)21-29(24-32)28-9-8-10-31(23-28)48-39-15-6-2-11-33(39)35-18-20-42-43(44(35)48)36-13-4-7-16-41(36)49-42/h2-25H. The van der Waals surface area contributed by atoms with Gasteiger partial charge in [0.05, 0.1) is 45.7 Å². The van der Waals surface area contributed by atoms with E-state index >= 15 is 0 Å². The fourth-order valence-electron chi connectivity index (χ4n) is 7.64. The third kappa shape index (κ3) is 3.91. The van der Waals surface area contributed by atoms with Crippen LogP contribution in [-0.2, 0) is 0 Å². The summed E-state index contributed by atoms with van der Waals surface area (Å²) >= 11 is 0. The first-order valence-electron chi connectivity index (χ1n) is 16.1. The van der Waals surface area contributed by atoms with Gasteiger partial charge >= 0.3 is 0 Å². The highest BCUT2D eigenvalue weighted by Gasteiger charge is 2.20. The molecule has 0 aliphatic rings. The first-order chi connectivity index (χ1) is 24.2. The molecule has 49 heavy (non-hydrogen) atoms. The lowest BCUT2D eigenvalue weighted by Crippen LogP contribution is -1.97. The first-order valence-corrected chi connectivity index (χ1v) is 16.1. The summed E-state index contributed by atoms with van der Waals surface area (Å²) in [6.07, 6.45) is 0. The summed E-state index contributed by atoms with van der Waals surface area (Å²) in [5.41, 5.74) is 11.0. The molecular formula is C44H24N4O. The van der Waals surface area contributed by atoms with Gasteiger partial charge in [-0.2, -0.15) is 5.26 Å². The van der Waals surface area contributed by atoms with Gasteiger partial charge in [-0.05, 0) is 89.3 Å². The van der Waals surface area contributed by atoms with Crippen molar-refractivity contribution in [3.63, 3.8) is 0 Å². The zero-order valence-corrected chi connectivity index (χ0v) is 26.1. The first kappa shape index (κ1) is 27.1. The van der Waals surface area contributed by atoms with E-state index < -0.39 is 0 Å². The van der Waals surface area contributed by atoms with Gasteiger partial charge < -0.3 is 13.6 Å². The van der Waals surface area contributed by atoms with Crippen LogP contribution in [0.3, 0.4) is 0 Å². The van der Waals surface area contributed by atoms with Crippen LogP contribution in [0.4, 0.5) is 5.69 Å². The van der Waals surface area contributed by atoms with E-state index in [4.69, 9.17) is 11.0 Å². The van der Waals surface area contributed by atoms with Gasteiger partial charge in [0, 0.05) is 32.9 Å². The highest BCUT2D eigenvalue weighted by atomic mass is 16.3. The molecule has 5 heteroatoms. The molecule has 0 aliphatic carbocycles. The van der Waals surface area contributed by atoms with Crippen LogP contribution >= 0.6 is 0 Å². The quantitative estimate of drug-likeness (QED) is 0.184. The van der Waals surface area contributed by atoms with E-state index in [1.165, 1.54) is 10.8 Å². The van der Waals surface area contributed by atoms with Gasteiger partial charge in [-0.15, -0.1) is 0 Å². The molecular weight excluding hydrogens is 601 g/mol. The van der Waals surface area contributed by atoms with Crippen molar-refractivity contribution in [3.05, 3.63) is 163 Å². The minimum Gasteiger partial charge on any atom is -0.456 e. The molecule has 3 aromatic heterocycles. The lowest BCUT2D eigenvalue weighted by molar-refractivity contribution is 0.669. The molecule has 0 unspecified atom stereocenters. The zero-order valence-electron chi connectivity index (χ0n) is 26.1. The summed E-state index contributed by atoms with van der Waals surface area (Å²) in [7, 11) is 0. The molecule has 10 rings (SSSR count). The Balaban J connectivity index is 1.22. The van der Waals surface area contributed by atoms with Crippen molar-refractivity contribution in [1.82, 2.24) is 9.13 Å². The Bertz CT molecular complexity index is 3090. The SMILES string of the molecule is [C-]#[N+]c1ccc2c(c1)c1ccccc1n2-c1cc(C#N)cc(-c2cccc(-n3c4ccccc4c4ccc5oc6ccccc6c5c43)c2)c1. The van der Waals surface area contributed by atoms with E-state index in [2.05, 4.69) is 111 Å². The molecule has 7 aromatic carbocycles. The van der Waals surface area contributed by atoms with Crippen LogP contribution in [0, 0.1) is 17.9 Å². The van der Waals surface area contributed by atoms with Crippen LogP contribution in [0.1, 0.15) is 5.56 Å². The molecule has 0 radical (unpaired) electrons. The summed E-state index contributed by atoms with van der Waals surface area (Å²) < 4.78 is 10.9. The molecule has 0 atom stereocenters. The second-order valence-electron chi connectivity index (χ2n) is 12.4. The molecule has 226 valence electrons. The Hall–Kier alpha value is -7.08. The lowest BCUT2D eigenvalue weighted by atomic mass is 10.0. The van der Waals surface area contributed by atoms with E-state index in [0.29, 0.717) is 11.3 Å². The van der Waals surface area contributed by atoms with Gasteiger partial charge in [-0.1, -0.05) is 72.8 Å². The maximum absolute atomic E-state index is 10.2. The predicted molar refractivity (Wildman–Crippen MR) is 199 cm³/mol. The van der Waals surface area contributed by atoms with E-state index in [9.17, 15) is 5.26 Å². The molecule has 0 fully saturated rings. The van der Waals surface area contributed by atoms with Crippen LogP contribution in [-0.4, -0.2) is 9.13 Å². The Morgan fingerprint density at radius 1 is 0.531 bits per heavy atom. The monoisotopic (exact) mass is 624 g/mol. The maximum atomic E-state index is 10.2. The Kier molecular flexibility index (Phi) is 5.64. The van der Waals surface area contributed by atoms with E-state index in [1.54, 1.807) is 0 Å². The zero-order chi connectivity index (χ0) is 32.6. The van der Waals surface area contributed by atoms with Crippen molar-refractivity contribution in [3.8, 4) is 28.6 Å². The van der Waals surface area contributed by atoms with Crippen LogP contribution < -0.4 is 0 Å². The second-order valence-corrected chi connectivity index (χ2v) is 12.4. The Morgan fingerprint density at radius 3 is 2.06 bits per heavy atom. The normalized spacial score (nSPS) is 11.6. The molecule has 0 saturated carbocycles. The minimum atomic E-state index is 0.574. The number of furan rings is 1. The smallest absolute Gasteiger partial charge is 0.188 e. The molecule has 0 saturated heterocycles. The van der Waals surface area contributed by atoms with Crippen LogP contribution in [0.25, 0.3) is 92.9 Å².